The molecule has 0 spiro atoms. The van der Waals surface area contributed by atoms with E-state index in [1.165, 1.54) is 19.3 Å². The molecule has 0 radical (unpaired) electrons. The van der Waals surface area contributed by atoms with Gasteiger partial charge in [0.2, 0.25) is 5.91 Å². The molecular weight excluding hydrogens is 300 g/mol. The summed E-state index contributed by atoms with van der Waals surface area (Å²) in [6.45, 7) is 2.53. The quantitative estimate of drug-likeness (QED) is 0.875. The molecule has 4 nitrogen and oxygen atoms in total. The maximum atomic E-state index is 11.9. The minimum atomic E-state index is -0.185. The van der Waals surface area contributed by atoms with Crippen molar-refractivity contribution < 1.29 is 9.59 Å². The first kappa shape index (κ1) is 16.8. The Bertz CT molecular complexity index is 516. The van der Waals surface area contributed by atoms with Gasteiger partial charge in [-0.05, 0) is 43.0 Å². The van der Waals surface area contributed by atoms with Gasteiger partial charge in [0.1, 0.15) is 0 Å². The first-order chi connectivity index (χ1) is 10.6. The smallest absolute Gasteiger partial charge is 0.251 e. The summed E-state index contributed by atoms with van der Waals surface area (Å²) < 4.78 is 0. The molecule has 0 unspecified atom stereocenters. The number of rotatable bonds is 5. The highest BCUT2D eigenvalue weighted by Gasteiger charge is 2.22. The Kier molecular flexibility index (Phi) is 6.25. The Morgan fingerprint density at radius 3 is 2.55 bits per heavy atom. The highest BCUT2D eigenvalue weighted by molar-refractivity contribution is 6.30. The van der Waals surface area contributed by atoms with Crippen molar-refractivity contribution in [3.8, 4) is 0 Å². The van der Waals surface area contributed by atoms with Crippen molar-refractivity contribution in [3.63, 3.8) is 0 Å². The summed E-state index contributed by atoms with van der Waals surface area (Å²) in [4.78, 5) is 23.8. The van der Waals surface area contributed by atoms with Crippen LogP contribution in [0.1, 0.15) is 49.4 Å². The molecule has 2 atom stereocenters. The number of halogens is 1. The van der Waals surface area contributed by atoms with Crippen LogP contribution in [0.2, 0.25) is 5.02 Å². The van der Waals surface area contributed by atoms with E-state index >= 15 is 0 Å². The number of carbonyl (C=O) groups excluding carboxylic acids is 2. The van der Waals surface area contributed by atoms with Crippen LogP contribution < -0.4 is 10.6 Å². The molecule has 22 heavy (non-hydrogen) atoms. The van der Waals surface area contributed by atoms with Gasteiger partial charge in [-0.25, -0.2) is 0 Å². The molecule has 120 valence electrons. The van der Waals surface area contributed by atoms with E-state index in [1.807, 2.05) is 0 Å². The Morgan fingerprint density at radius 2 is 1.86 bits per heavy atom. The van der Waals surface area contributed by atoms with E-state index in [0.717, 1.165) is 6.42 Å². The molecule has 0 heterocycles. The summed E-state index contributed by atoms with van der Waals surface area (Å²) in [6, 6.07) is 6.97. The summed E-state index contributed by atoms with van der Waals surface area (Å²) in [7, 11) is 0. The lowest BCUT2D eigenvalue weighted by Gasteiger charge is -2.29. The van der Waals surface area contributed by atoms with E-state index in [-0.39, 0.29) is 17.9 Å². The molecule has 1 saturated carbocycles. The van der Waals surface area contributed by atoms with E-state index < -0.39 is 0 Å². The van der Waals surface area contributed by atoms with Crippen LogP contribution in [0, 0.1) is 5.92 Å². The second-order valence-corrected chi connectivity index (χ2v) is 6.38. The molecule has 0 bridgehead atoms. The van der Waals surface area contributed by atoms with Gasteiger partial charge in [-0.1, -0.05) is 31.4 Å². The second-order valence-electron chi connectivity index (χ2n) is 5.95. The largest absolute Gasteiger partial charge is 0.353 e. The molecule has 1 aromatic carbocycles. The van der Waals surface area contributed by atoms with E-state index in [0.29, 0.717) is 29.5 Å². The number of hydrogen-bond donors (Lipinski definition) is 2. The molecule has 0 aromatic heterocycles. The zero-order valence-corrected chi connectivity index (χ0v) is 13.7. The molecule has 1 fully saturated rings. The maximum absolute atomic E-state index is 11.9. The molecular formula is C17H23ClN2O2. The number of carbonyl (C=O) groups is 2. The van der Waals surface area contributed by atoms with Crippen molar-refractivity contribution in [1.29, 1.82) is 0 Å². The Morgan fingerprint density at radius 1 is 1.18 bits per heavy atom. The van der Waals surface area contributed by atoms with Crippen molar-refractivity contribution in [2.45, 2.75) is 45.1 Å². The third-order valence-electron chi connectivity index (χ3n) is 4.20. The van der Waals surface area contributed by atoms with Gasteiger partial charge >= 0.3 is 0 Å². The SMILES string of the molecule is C[C@@H]1CCCC[C@H]1NC(=O)CCNC(=O)c1ccc(Cl)cc1. The number of amides is 2. The summed E-state index contributed by atoms with van der Waals surface area (Å²) in [6.07, 6.45) is 4.98. The molecule has 1 aliphatic rings. The van der Waals surface area contributed by atoms with Crippen LogP contribution in [0.3, 0.4) is 0 Å². The second kappa shape index (κ2) is 8.18. The van der Waals surface area contributed by atoms with Gasteiger partial charge in [0.05, 0.1) is 0 Å². The Hall–Kier alpha value is -1.55. The van der Waals surface area contributed by atoms with Gasteiger partial charge in [-0.15, -0.1) is 0 Å². The van der Waals surface area contributed by atoms with Crippen LogP contribution >= 0.6 is 11.6 Å². The maximum Gasteiger partial charge on any atom is 0.251 e. The van der Waals surface area contributed by atoms with Crippen LogP contribution in [0.4, 0.5) is 0 Å². The van der Waals surface area contributed by atoms with Crippen LogP contribution in [0.5, 0.6) is 0 Å². The molecule has 1 aliphatic carbocycles. The molecule has 0 aliphatic heterocycles. The van der Waals surface area contributed by atoms with E-state index in [2.05, 4.69) is 17.6 Å². The number of hydrogen-bond acceptors (Lipinski definition) is 2. The van der Waals surface area contributed by atoms with Crippen molar-refractivity contribution >= 4 is 23.4 Å². The fourth-order valence-electron chi connectivity index (χ4n) is 2.80. The zero-order valence-electron chi connectivity index (χ0n) is 12.9. The van der Waals surface area contributed by atoms with Crippen molar-refractivity contribution in [2.24, 2.45) is 5.92 Å². The van der Waals surface area contributed by atoms with Gasteiger partial charge in [0, 0.05) is 29.6 Å². The van der Waals surface area contributed by atoms with Crippen LogP contribution in [-0.2, 0) is 4.79 Å². The zero-order chi connectivity index (χ0) is 15.9. The lowest BCUT2D eigenvalue weighted by Crippen LogP contribution is -2.42. The molecule has 0 saturated heterocycles. The summed E-state index contributed by atoms with van der Waals surface area (Å²) in [5.41, 5.74) is 0.547. The first-order valence-electron chi connectivity index (χ1n) is 7.89. The van der Waals surface area contributed by atoms with Crippen molar-refractivity contribution in [2.75, 3.05) is 6.54 Å². The first-order valence-corrected chi connectivity index (χ1v) is 8.27. The molecule has 2 rings (SSSR count). The minimum absolute atomic E-state index is 0.00940. The standard InChI is InChI=1S/C17H23ClN2O2/c1-12-4-2-3-5-15(12)20-16(21)10-11-19-17(22)13-6-8-14(18)9-7-13/h6-9,12,15H,2-5,10-11H2,1H3,(H,19,22)(H,20,21)/t12-,15-/m1/s1. The number of benzene rings is 1. The highest BCUT2D eigenvalue weighted by Crippen LogP contribution is 2.23. The minimum Gasteiger partial charge on any atom is -0.353 e. The Labute approximate surface area is 136 Å². The lowest BCUT2D eigenvalue weighted by molar-refractivity contribution is -0.122. The van der Waals surface area contributed by atoms with Crippen LogP contribution in [0.25, 0.3) is 0 Å². The Balaban J connectivity index is 1.70. The number of nitrogens with one attached hydrogen (secondary N) is 2. The van der Waals surface area contributed by atoms with Gasteiger partial charge in [-0.3, -0.25) is 9.59 Å². The van der Waals surface area contributed by atoms with Crippen LogP contribution in [0.15, 0.2) is 24.3 Å². The monoisotopic (exact) mass is 322 g/mol. The van der Waals surface area contributed by atoms with Gasteiger partial charge in [0.25, 0.3) is 5.91 Å². The highest BCUT2D eigenvalue weighted by atomic mass is 35.5. The van der Waals surface area contributed by atoms with Crippen LogP contribution in [-0.4, -0.2) is 24.4 Å². The van der Waals surface area contributed by atoms with E-state index in [4.69, 9.17) is 11.6 Å². The molecule has 1 aromatic rings. The topological polar surface area (TPSA) is 58.2 Å². The predicted octanol–water partition coefficient (Wildman–Crippen LogP) is 3.15. The lowest BCUT2D eigenvalue weighted by atomic mass is 9.86. The van der Waals surface area contributed by atoms with E-state index in [1.54, 1.807) is 24.3 Å². The third-order valence-corrected chi connectivity index (χ3v) is 4.45. The fraction of sp³-hybridized carbons (Fsp3) is 0.529. The summed E-state index contributed by atoms with van der Waals surface area (Å²) in [5.74, 6) is 0.368. The van der Waals surface area contributed by atoms with Gasteiger partial charge < -0.3 is 10.6 Å². The average Bonchev–Trinajstić information content (AvgIpc) is 2.50. The van der Waals surface area contributed by atoms with Gasteiger partial charge in [0.15, 0.2) is 0 Å². The predicted molar refractivity (Wildman–Crippen MR) is 88.0 cm³/mol. The van der Waals surface area contributed by atoms with Crippen molar-refractivity contribution in [1.82, 2.24) is 10.6 Å². The fourth-order valence-corrected chi connectivity index (χ4v) is 2.93. The summed E-state index contributed by atoms with van der Waals surface area (Å²) in [5, 5.41) is 6.43. The molecule has 5 heteroatoms. The average molecular weight is 323 g/mol. The third kappa shape index (κ3) is 5.02. The molecule has 2 amide bonds. The van der Waals surface area contributed by atoms with Gasteiger partial charge in [-0.2, -0.15) is 0 Å². The normalized spacial score (nSPS) is 21.2. The summed E-state index contributed by atoms with van der Waals surface area (Å²) >= 11 is 5.78. The molecule has 2 N–H and O–H groups in total. The van der Waals surface area contributed by atoms with Crippen molar-refractivity contribution in [3.05, 3.63) is 34.9 Å². The van der Waals surface area contributed by atoms with E-state index in [9.17, 15) is 9.59 Å².